The fourth-order valence-electron chi connectivity index (χ4n) is 3.06. The second kappa shape index (κ2) is 6.77. The predicted molar refractivity (Wildman–Crippen MR) is 86.0 cm³/mol. The molecule has 0 bridgehead atoms. The maximum atomic E-state index is 13.1. The summed E-state index contributed by atoms with van der Waals surface area (Å²) in [4.78, 5) is 28.1. The number of hydrogen-bond donors (Lipinski definition) is 1. The first-order valence-corrected chi connectivity index (χ1v) is 7.87. The van der Waals surface area contributed by atoms with Gasteiger partial charge in [0.1, 0.15) is 5.82 Å². The molecule has 1 aliphatic heterocycles. The van der Waals surface area contributed by atoms with E-state index in [1.165, 1.54) is 24.4 Å². The van der Waals surface area contributed by atoms with Gasteiger partial charge in [0.15, 0.2) is 0 Å². The Morgan fingerprint density at radius 2 is 1.91 bits per heavy atom. The summed E-state index contributed by atoms with van der Waals surface area (Å²) in [5, 5.41) is 0. The summed E-state index contributed by atoms with van der Waals surface area (Å²) < 4.78 is 13.1. The molecular weight excluding hydrogens is 295 g/mol. The Hall–Kier alpha value is -2.43. The maximum Gasteiger partial charge on any atom is 0.255 e. The van der Waals surface area contributed by atoms with Crippen molar-refractivity contribution in [2.45, 2.75) is 25.2 Å². The van der Waals surface area contributed by atoms with Crippen LogP contribution < -0.4 is 5.56 Å². The minimum atomic E-state index is -0.247. The van der Waals surface area contributed by atoms with Gasteiger partial charge in [-0.2, -0.15) is 0 Å². The van der Waals surface area contributed by atoms with Crippen molar-refractivity contribution in [1.29, 1.82) is 0 Å². The Morgan fingerprint density at radius 1 is 1.13 bits per heavy atom. The van der Waals surface area contributed by atoms with Crippen LogP contribution in [0.1, 0.15) is 41.1 Å². The largest absolute Gasteiger partial charge is 0.338 e. The van der Waals surface area contributed by atoms with Crippen LogP contribution in [0, 0.1) is 5.82 Å². The van der Waals surface area contributed by atoms with Crippen molar-refractivity contribution in [3.63, 3.8) is 0 Å². The molecule has 4 nitrogen and oxygen atoms in total. The van der Waals surface area contributed by atoms with E-state index in [9.17, 15) is 14.0 Å². The minimum Gasteiger partial charge on any atom is -0.338 e. The number of H-pyrrole nitrogens is 1. The molecule has 2 heterocycles. The number of likely N-dealkylation sites (tertiary alicyclic amines) is 1. The third-order valence-electron chi connectivity index (χ3n) is 4.33. The molecular formula is C18H19FN2O2. The fraction of sp³-hybridized carbons (Fsp3) is 0.333. The van der Waals surface area contributed by atoms with E-state index in [1.807, 2.05) is 4.90 Å². The van der Waals surface area contributed by atoms with Gasteiger partial charge in [0.2, 0.25) is 5.56 Å². The number of aromatic amines is 1. The normalized spacial score (nSPS) is 18.5. The second-order valence-corrected chi connectivity index (χ2v) is 5.94. The quantitative estimate of drug-likeness (QED) is 0.926. The van der Waals surface area contributed by atoms with Crippen molar-refractivity contribution >= 4 is 5.91 Å². The maximum absolute atomic E-state index is 13.1. The molecule has 2 aromatic rings. The molecule has 0 saturated carbocycles. The lowest BCUT2D eigenvalue weighted by molar-refractivity contribution is 0.0754. The van der Waals surface area contributed by atoms with Crippen LogP contribution >= 0.6 is 0 Å². The first-order chi connectivity index (χ1) is 11.1. The molecule has 0 aliphatic carbocycles. The standard InChI is InChI=1S/C18H19FN2O2/c19-16-7-4-13(5-8-16)15-3-1-2-10-21(12-15)18(23)14-6-9-17(22)20-11-14/h4-9,11,15H,1-3,10,12H2,(H,20,22). The summed E-state index contributed by atoms with van der Waals surface area (Å²) in [6.07, 6.45) is 4.44. The van der Waals surface area contributed by atoms with Crippen molar-refractivity contribution < 1.29 is 9.18 Å². The van der Waals surface area contributed by atoms with Crippen molar-refractivity contribution in [3.05, 3.63) is 69.9 Å². The molecule has 120 valence electrons. The summed E-state index contributed by atoms with van der Waals surface area (Å²) in [6, 6.07) is 9.45. The molecule has 0 radical (unpaired) electrons. The summed E-state index contributed by atoms with van der Waals surface area (Å²) in [5.74, 6) is -0.108. The van der Waals surface area contributed by atoms with Gasteiger partial charge in [-0.1, -0.05) is 18.6 Å². The zero-order chi connectivity index (χ0) is 16.2. The summed E-state index contributed by atoms with van der Waals surface area (Å²) in [5.41, 5.74) is 1.33. The highest BCUT2D eigenvalue weighted by Crippen LogP contribution is 2.27. The highest BCUT2D eigenvalue weighted by Gasteiger charge is 2.24. The lowest BCUT2D eigenvalue weighted by Gasteiger charge is -2.25. The molecule has 1 fully saturated rings. The van der Waals surface area contributed by atoms with Crippen LogP contribution in [0.3, 0.4) is 0 Å². The number of halogens is 1. The molecule has 1 aromatic carbocycles. The first kappa shape index (κ1) is 15.5. The van der Waals surface area contributed by atoms with Crippen LogP contribution in [-0.4, -0.2) is 28.9 Å². The smallest absolute Gasteiger partial charge is 0.255 e. The molecule has 5 heteroatoms. The average molecular weight is 314 g/mol. The molecule has 1 N–H and O–H groups in total. The number of nitrogens with zero attached hydrogens (tertiary/aromatic N) is 1. The molecule has 1 aromatic heterocycles. The van der Waals surface area contributed by atoms with E-state index in [4.69, 9.17) is 0 Å². The molecule has 1 amide bonds. The Morgan fingerprint density at radius 3 is 2.61 bits per heavy atom. The number of carbonyl (C=O) groups excluding carboxylic acids is 1. The number of hydrogen-bond acceptors (Lipinski definition) is 2. The van der Waals surface area contributed by atoms with E-state index in [0.29, 0.717) is 18.7 Å². The van der Waals surface area contributed by atoms with Crippen LogP contribution in [0.5, 0.6) is 0 Å². The number of benzene rings is 1. The van der Waals surface area contributed by atoms with Crippen molar-refractivity contribution in [2.75, 3.05) is 13.1 Å². The Kier molecular flexibility index (Phi) is 4.55. The van der Waals surface area contributed by atoms with E-state index in [-0.39, 0.29) is 23.2 Å². The fourth-order valence-corrected chi connectivity index (χ4v) is 3.06. The highest BCUT2D eigenvalue weighted by atomic mass is 19.1. The van der Waals surface area contributed by atoms with Gasteiger partial charge >= 0.3 is 0 Å². The van der Waals surface area contributed by atoms with Gasteiger partial charge in [0.05, 0.1) is 5.56 Å². The van der Waals surface area contributed by atoms with Gasteiger partial charge in [-0.15, -0.1) is 0 Å². The third-order valence-corrected chi connectivity index (χ3v) is 4.33. The Labute approximate surface area is 134 Å². The van der Waals surface area contributed by atoms with Crippen LogP contribution in [0.15, 0.2) is 47.4 Å². The molecule has 1 unspecified atom stereocenters. The number of aromatic nitrogens is 1. The van der Waals surface area contributed by atoms with E-state index in [2.05, 4.69) is 4.98 Å². The van der Waals surface area contributed by atoms with Crippen molar-refractivity contribution in [3.8, 4) is 0 Å². The van der Waals surface area contributed by atoms with Crippen LogP contribution in [0.4, 0.5) is 4.39 Å². The first-order valence-electron chi connectivity index (χ1n) is 7.87. The SMILES string of the molecule is O=C(c1ccc(=O)[nH]c1)N1CCCCC(c2ccc(F)cc2)C1. The van der Waals surface area contributed by atoms with Gasteiger partial charge in [-0.25, -0.2) is 4.39 Å². The topological polar surface area (TPSA) is 53.2 Å². The molecule has 1 atom stereocenters. The lowest BCUT2D eigenvalue weighted by Crippen LogP contribution is -2.34. The molecule has 0 spiro atoms. The number of rotatable bonds is 2. The van der Waals surface area contributed by atoms with Gasteiger partial charge in [0.25, 0.3) is 5.91 Å². The summed E-state index contributed by atoms with van der Waals surface area (Å²) in [7, 11) is 0. The summed E-state index contributed by atoms with van der Waals surface area (Å²) >= 11 is 0. The van der Waals surface area contributed by atoms with Crippen LogP contribution in [-0.2, 0) is 0 Å². The van der Waals surface area contributed by atoms with Gasteiger partial charge < -0.3 is 9.88 Å². The minimum absolute atomic E-state index is 0.0738. The second-order valence-electron chi connectivity index (χ2n) is 5.94. The van der Waals surface area contributed by atoms with E-state index < -0.39 is 0 Å². The van der Waals surface area contributed by atoms with E-state index in [1.54, 1.807) is 18.2 Å². The monoisotopic (exact) mass is 314 g/mol. The van der Waals surface area contributed by atoms with Gasteiger partial charge in [-0.05, 0) is 36.6 Å². The number of nitrogens with one attached hydrogen (secondary N) is 1. The van der Waals surface area contributed by atoms with E-state index in [0.717, 1.165) is 24.8 Å². The van der Waals surface area contributed by atoms with E-state index >= 15 is 0 Å². The predicted octanol–water partition coefficient (Wildman–Crippen LogP) is 2.92. The van der Waals surface area contributed by atoms with Crippen LogP contribution in [0.2, 0.25) is 0 Å². The van der Waals surface area contributed by atoms with Crippen molar-refractivity contribution in [2.24, 2.45) is 0 Å². The third kappa shape index (κ3) is 3.67. The number of carbonyl (C=O) groups is 1. The highest BCUT2D eigenvalue weighted by molar-refractivity contribution is 5.93. The van der Waals surface area contributed by atoms with Gasteiger partial charge in [0, 0.05) is 31.3 Å². The Balaban J connectivity index is 1.79. The lowest BCUT2D eigenvalue weighted by atomic mass is 9.94. The van der Waals surface area contributed by atoms with Gasteiger partial charge in [-0.3, -0.25) is 9.59 Å². The molecule has 1 aliphatic rings. The van der Waals surface area contributed by atoms with Crippen LogP contribution in [0.25, 0.3) is 0 Å². The Bertz CT molecular complexity index is 719. The summed E-state index contributed by atoms with van der Waals surface area (Å²) in [6.45, 7) is 1.32. The molecule has 23 heavy (non-hydrogen) atoms. The number of pyridine rings is 1. The zero-order valence-corrected chi connectivity index (χ0v) is 12.8. The zero-order valence-electron chi connectivity index (χ0n) is 12.8. The van der Waals surface area contributed by atoms with Crippen molar-refractivity contribution in [1.82, 2.24) is 9.88 Å². The number of amides is 1. The molecule has 3 rings (SSSR count). The average Bonchev–Trinajstić information content (AvgIpc) is 2.82. The molecule has 1 saturated heterocycles.